The minimum atomic E-state index is -0.493. The van der Waals surface area contributed by atoms with E-state index in [1.165, 1.54) is 11.8 Å². The molecule has 0 unspecified atom stereocenters. The molecule has 0 aliphatic carbocycles. The van der Waals surface area contributed by atoms with E-state index in [2.05, 4.69) is 20.5 Å². The quantitative estimate of drug-likeness (QED) is 0.271. The monoisotopic (exact) mass is 485 g/mol. The zero-order valence-electron chi connectivity index (χ0n) is 20.1. The summed E-state index contributed by atoms with van der Waals surface area (Å²) in [5.41, 5.74) is 3.66. The number of pyridine rings is 1. The summed E-state index contributed by atoms with van der Waals surface area (Å²) in [4.78, 5) is 29.2. The highest BCUT2D eigenvalue weighted by Gasteiger charge is 2.22. The number of nitrogens with zero attached hydrogens (tertiary/aromatic N) is 4. The van der Waals surface area contributed by atoms with E-state index in [0.29, 0.717) is 22.2 Å². The third kappa shape index (κ3) is 5.66. The van der Waals surface area contributed by atoms with E-state index in [-0.39, 0.29) is 17.4 Å². The number of Topliss-reactive ketones (excluding diaryl/α,β-unsaturated/α-hetero) is 1. The van der Waals surface area contributed by atoms with Crippen LogP contribution in [0.25, 0.3) is 17.1 Å². The van der Waals surface area contributed by atoms with Crippen molar-refractivity contribution in [2.75, 3.05) is 11.1 Å². The first kappa shape index (κ1) is 24.3. The lowest BCUT2D eigenvalue weighted by molar-refractivity contribution is -0.123. The average Bonchev–Trinajstić information content (AvgIpc) is 3.27. The summed E-state index contributed by atoms with van der Waals surface area (Å²) in [6, 6.07) is 18.7. The molecular formula is C27H27N5O2S. The number of nitrogens with one attached hydrogen (secondary N) is 1. The highest BCUT2D eigenvalue weighted by molar-refractivity contribution is 7.99. The number of hydrogen-bond donors (Lipinski definition) is 1. The van der Waals surface area contributed by atoms with Crippen molar-refractivity contribution in [2.24, 2.45) is 5.41 Å². The second kappa shape index (κ2) is 10.2. The number of carbonyl (C=O) groups excluding carboxylic acids is 2. The molecule has 2 heterocycles. The Labute approximate surface area is 209 Å². The van der Waals surface area contributed by atoms with E-state index in [9.17, 15) is 9.59 Å². The first-order valence-corrected chi connectivity index (χ1v) is 12.2. The van der Waals surface area contributed by atoms with Gasteiger partial charge in [0.1, 0.15) is 0 Å². The van der Waals surface area contributed by atoms with Crippen molar-refractivity contribution in [1.82, 2.24) is 19.7 Å². The summed E-state index contributed by atoms with van der Waals surface area (Å²) in [6.45, 7) is 7.60. The molecule has 178 valence electrons. The molecule has 0 spiro atoms. The summed E-state index contributed by atoms with van der Waals surface area (Å²) >= 11 is 1.34. The molecule has 0 saturated carbocycles. The number of carbonyl (C=O) groups is 2. The minimum absolute atomic E-state index is 0.0338. The Kier molecular flexibility index (Phi) is 7.12. The molecule has 4 aromatic rings. The summed E-state index contributed by atoms with van der Waals surface area (Å²) in [6.07, 6.45) is 3.44. The maximum Gasteiger partial charge on any atom is 0.229 e. The number of anilines is 1. The normalized spacial score (nSPS) is 11.3. The second-order valence-corrected chi connectivity index (χ2v) is 10.1. The van der Waals surface area contributed by atoms with Crippen molar-refractivity contribution in [3.05, 3.63) is 84.2 Å². The Morgan fingerprint density at radius 3 is 2.29 bits per heavy atom. The average molecular weight is 486 g/mol. The van der Waals surface area contributed by atoms with Gasteiger partial charge in [0, 0.05) is 34.6 Å². The van der Waals surface area contributed by atoms with Crippen molar-refractivity contribution in [1.29, 1.82) is 0 Å². The summed E-state index contributed by atoms with van der Waals surface area (Å²) in [5, 5.41) is 12.3. The Balaban J connectivity index is 1.54. The summed E-state index contributed by atoms with van der Waals surface area (Å²) in [7, 11) is 0. The summed E-state index contributed by atoms with van der Waals surface area (Å²) < 4.78 is 1.98. The number of thioether (sulfide) groups is 1. The van der Waals surface area contributed by atoms with Gasteiger partial charge in [-0.2, -0.15) is 0 Å². The van der Waals surface area contributed by atoms with Crippen LogP contribution in [-0.4, -0.2) is 37.2 Å². The van der Waals surface area contributed by atoms with Crippen LogP contribution in [0.3, 0.4) is 0 Å². The maximum atomic E-state index is 12.9. The SMILES string of the molecule is Cc1ccccc1-n1c(SCC(=O)c2ccc(NC(=O)C(C)(C)C)cc2)nnc1-c1ccncc1. The van der Waals surface area contributed by atoms with Crippen molar-refractivity contribution < 1.29 is 9.59 Å². The zero-order chi connectivity index (χ0) is 25.0. The van der Waals surface area contributed by atoms with Gasteiger partial charge in [0.2, 0.25) is 5.91 Å². The van der Waals surface area contributed by atoms with Crippen LogP contribution in [0.4, 0.5) is 5.69 Å². The smallest absolute Gasteiger partial charge is 0.229 e. The highest BCUT2D eigenvalue weighted by Crippen LogP contribution is 2.29. The van der Waals surface area contributed by atoms with Crippen molar-refractivity contribution >= 4 is 29.1 Å². The Morgan fingerprint density at radius 1 is 0.943 bits per heavy atom. The van der Waals surface area contributed by atoms with Gasteiger partial charge in [-0.1, -0.05) is 50.7 Å². The number of amides is 1. The predicted octanol–water partition coefficient (Wildman–Crippen LogP) is 5.60. The molecule has 2 aromatic heterocycles. The molecule has 0 aliphatic heterocycles. The Hall–Kier alpha value is -3.78. The van der Waals surface area contributed by atoms with Crippen LogP contribution in [0.15, 0.2) is 78.2 Å². The molecule has 8 heteroatoms. The molecule has 7 nitrogen and oxygen atoms in total. The van der Waals surface area contributed by atoms with Crippen LogP contribution in [0, 0.1) is 12.3 Å². The van der Waals surface area contributed by atoms with Gasteiger partial charge >= 0.3 is 0 Å². The first-order chi connectivity index (χ1) is 16.7. The largest absolute Gasteiger partial charge is 0.326 e. The van der Waals surface area contributed by atoms with Gasteiger partial charge in [0.15, 0.2) is 16.8 Å². The molecule has 0 atom stereocenters. The van der Waals surface area contributed by atoms with Crippen LogP contribution in [0.2, 0.25) is 0 Å². The maximum absolute atomic E-state index is 12.9. The fourth-order valence-corrected chi connectivity index (χ4v) is 4.19. The lowest BCUT2D eigenvalue weighted by Crippen LogP contribution is -2.27. The van der Waals surface area contributed by atoms with E-state index in [4.69, 9.17) is 0 Å². The number of ketones is 1. The number of benzene rings is 2. The predicted molar refractivity (Wildman–Crippen MR) is 139 cm³/mol. The fraction of sp³-hybridized carbons (Fsp3) is 0.222. The van der Waals surface area contributed by atoms with Gasteiger partial charge in [0.05, 0.1) is 11.4 Å². The molecule has 35 heavy (non-hydrogen) atoms. The third-order valence-electron chi connectivity index (χ3n) is 5.41. The number of para-hydroxylation sites is 1. The molecule has 1 N–H and O–H groups in total. The fourth-order valence-electron chi connectivity index (χ4n) is 3.35. The van der Waals surface area contributed by atoms with Crippen LogP contribution in [0.1, 0.15) is 36.7 Å². The molecular weight excluding hydrogens is 458 g/mol. The van der Waals surface area contributed by atoms with E-state index < -0.39 is 5.41 Å². The number of rotatable bonds is 7. The Bertz CT molecular complexity index is 1340. The molecule has 4 rings (SSSR count). The number of hydrogen-bond acceptors (Lipinski definition) is 6. The Morgan fingerprint density at radius 2 is 1.63 bits per heavy atom. The molecule has 0 fully saturated rings. The summed E-state index contributed by atoms with van der Waals surface area (Å²) in [5.74, 6) is 0.783. The molecule has 0 radical (unpaired) electrons. The standard InChI is InChI=1S/C27H27N5O2S/c1-18-7-5-6-8-22(18)32-24(20-13-15-28-16-14-20)30-31-26(32)35-17-23(33)19-9-11-21(12-10-19)29-25(34)27(2,3)4/h5-16H,17H2,1-4H3,(H,29,34). The van der Waals surface area contributed by atoms with Gasteiger partial charge in [-0.25, -0.2) is 0 Å². The zero-order valence-corrected chi connectivity index (χ0v) is 21.0. The van der Waals surface area contributed by atoms with Crippen LogP contribution >= 0.6 is 11.8 Å². The van der Waals surface area contributed by atoms with Crippen molar-refractivity contribution in [3.63, 3.8) is 0 Å². The molecule has 2 aromatic carbocycles. The van der Waals surface area contributed by atoms with Gasteiger partial charge in [0.25, 0.3) is 0 Å². The minimum Gasteiger partial charge on any atom is -0.326 e. The topological polar surface area (TPSA) is 89.8 Å². The van der Waals surface area contributed by atoms with Gasteiger partial charge < -0.3 is 5.32 Å². The highest BCUT2D eigenvalue weighted by atomic mass is 32.2. The lowest BCUT2D eigenvalue weighted by Gasteiger charge is -2.17. The number of aryl methyl sites for hydroxylation is 1. The van der Waals surface area contributed by atoms with E-state index in [1.807, 2.05) is 68.7 Å². The van der Waals surface area contributed by atoms with Crippen LogP contribution in [-0.2, 0) is 4.79 Å². The van der Waals surface area contributed by atoms with Crippen molar-refractivity contribution in [2.45, 2.75) is 32.9 Å². The van der Waals surface area contributed by atoms with Gasteiger partial charge in [-0.05, 0) is 55.0 Å². The van der Waals surface area contributed by atoms with E-state index >= 15 is 0 Å². The number of aromatic nitrogens is 4. The van der Waals surface area contributed by atoms with E-state index in [1.54, 1.807) is 36.7 Å². The van der Waals surface area contributed by atoms with Crippen LogP contribution in [0.5, 0.6) is 0 Å². The molecule has 0 bridgehead atoms. The van der Waals surface area contributed by atoms with Gasteiger partial charge in [-0.15, -0.1) is 10.2 Å². The van der Waals surface area contributed by atoms with Gasteiger partial charge in [-0.3, -0.25) is 19.1 Å². The molecule has 1 amide bonds. The lowest BCUT2D eigenvalue weighted by atomic mass is 9.95. The van der Waals surface area contributed by atoms with Crippen molar-refractivity contribution in [3.8, 4) is 17.1 Å². The molecule has 0 aliphatic rings. The first-order valence-electron chi connectivity index (χ1n) is 11.2. The molecule has 0 saturated heterocycles. The second-order valence-electron chi connectivity index (χ2n) is 9.16. The third-order valence-corrected chi connectivity index (χ3v) is 6.34. The van der Waals surface area contributed by atoms with Crippen LogP contribution < -0.4 is 5.32 Å². The van der Waals surface area contributed by atoms with E-state index in [0.717, 1.165) is 16.8 Å².